The van der Waals surface area contributed by atoms with Gasteiger partial charge in [0.2, 0.25) is 5.91 Å². The molecule has 0 aliphatic rings. The number of nitrogens with one attached hydrogen (secondary N) is 1. The predicted molar refractivity (Wildman–Crippen MR) is 338 cm³/mol. The molecule has 0 rings (SSSR count). The number of carbonyl (C=O) groups excluding carboxylic acids is 2. The SMILES string of the molecule is CCCCCCCCCCCC/C=C/C(O)C(CO)NC(=O)CCCCCCCCCCCCCCCCCCCCCCCCCCCCCCCCOC(=O)CCCCCCCCCCCCCCCCCCCC. The number of esters is 1. The highest BCUT2D eigenvalue weighted by Crippen LogP contribution is 2.19. The van der Waals surface area contributed by atoms with Crippen molar-refractivity contribution in [1.82, 2.24) is 5.32 Å². The molecule has 6 nitrogen and oxygen atoms in total. The molecule has 0 spiro atoms. The van der Waals surface area contributed by atoms with Crippen molar-refractivity contribution in [2.24, 2.45) is 0 Å². The molecule has 0 heterocycles. The Hall–Kier alpha value is -1.40. The zero-order valence-corrected chi connectivity index (χ0v) is 52.5. The van der Waals surface area contributed by atoms with Gasteiger partial charge >= 0.3 is 5.97 Å². The molecule has 0 aromatic heterocycles. The molecule has 0 bridgehead atoms. The lowest BCUT2D eigenvalue weighted by Gasteiger charge is -2.20. The van der Waals surface area contributed by atoms with Crippen LogP contribution in [0.1, 0.15) is 406 Å². The van der Waals surface area contributed by atoms with E-state index in [1.165, 1.54) is 340 Å². The van der Waals surface area contributed by atoms with Crippen LogP contribution in [-0.4, -0.2) is 47.4 Å². The first kappa shape index (κ1) is 75.6. The van der Waals surface area contributed by atoms with Crippen molar-refractivity contribution < 1.29 is 24.5 Å². The highest BCUT2D eigenvalue weighted by Gasteiger charge is 2.18. The van der Waals surface area contributed by atoms with E-state index in [1.807, 2.05) is 6.08 Å². The zero-order chi connectivity index (χ0) is 55.7. The number of hydrogen-bond acceptors (Lipinski definition) is 5. The van der Waals surface area contributed by atoms with E-state index >= 15 is 0 Å². The van der Waals surface area contributed by atoms with Gasteiger partial charge in [0.05, 0.1) is 25.4 Å². The zero-order valence-electron chi connectivity index (χ0n) is 52.5. The second-order valence-electron chi connectivity index (χ2n) is 24.6. The maximum atomic E-state index is 12.5. The molecule has 0 radical (unpaired) electrons. The number of carbonyl (C=O) groups is 2. The lowest BCUT2D eigenvalue weighted by atomic mass is 10.0. The molecule has 0 saturated heterocycles. The first-order valence-electron chi connectivity index (χ1n) is 35.5. The Morgan fingerprint density at radius 3 is 0.883 bits per heavy atom. The van der Waals surface area contributed by atoms with Crippen LogP contribution in [0.15, 0.2) is 12.2 Å². The minimum Gasteiger partial charge on any atom is -0.466 e. The van der Waals surface area contributed by atoms with Crippen LogP contribution in [0.4, 0.5) is 0 Å². The van der Waals surface area contributed by atoms with Crippen LogP contribution in [0, 0.1) is 0 Å². The third-order valence-corrected chi connectivity index (χ3v) is 16.8. The molecule has 0 aliphatic heterocycles. The van der Waals surface area contributed by atoms with Gasteiger partial charge in [0.25, 0.3) is 0 Å². The standard InChI is InChI=1S/C71H139NO5/c1-3-5-7-9-11-13-15-17-18-19-35-38-41-45-49-53-57-61-65-71(76)77-66-62-58-54-50-46-42-39-36-33-31-29-27-25-23-21-20-22-24-26-28-30-32-34-37-40-44-48-52-56-60-64-70(75)72-68(67-73)69(74)63-59-55-51-47-43-16-14-12-10-8-6-4-2/h59,63,68-69,73-74H,3-58,60-62,64-67H2,1-2H3,(H,72,75)/b63-59+. The molecule has 0 aromatic carbocycles. The Morgan fingerprint density at radius 1 is 0.351 bits per heavy atom. The van der Waals surface area contributed by atoms with Gasteiger partial charge < -0.3 is 20.3 Å². The maximum absolute atomic E-state index is 12.5. The van der Waals surface area contributed by atoms with Gasteiger partial charge in [-0.25, -0.2) is 0 Å². The molecule has 0 aromatic rings. The monoisotopic (exact) mass is 1090 g/mol. The molecule has 1 amide bonds. The summed E-state index contributed by atoms with van der Waals surface area (Å²) in [6.45, 7) is 4.94. The summed E-state index contributed by atoms with van der Waals surface area (Å²) in [5, 5.41) is 23.1. The molecule has 458 valence electrons. The van der Waals surface area contributed by atoms with Gasteiger partial charge in [-0.1, -0.05) is 373 Å². The minimum absolute atomic E-state index is 0.0251. The van der Waals surface area contributed by atoms with Gasteiger partial charge in [-0.2, -0.15) is 0 Å². The number of unbranched alkanes of at least 4 members (excludes halogenated alkanes) is 56. The second kappa shape index (κ2) is 67.1. The van der Waals surface area contributed by atoms with Crippen LogP contribution >= 0.6 is 0 Å². The van der Waals surface area contributed by atoms with Crippen LogP contribution in [0.2, 0.25) is 0 Å². The number of ether oxygens (including phenoxy) is 1. The number of amides is 1. The summed E-state index contributed by atoms with van der Waals surface area (Å²) in [6, 6.07) is -0.623. The molecule has 2 unspecified atom stereocenters. The highest BCUT2D eigenvalue weighted by atomic mass is 16.5. The number of rotatable bonds is 67. The largest absolute Gasteiger partial charge is 0.466 e. The number of allylic oxidation sites excluding steroid dienone is 1. The van der Waals surface area contributed by atoms with Crippen LogP contribution in [-0.2, 0) is 14.3 Å². The summed E-state index contributed by atoms with van der Waals surface area (Å²) < 4.78 is 5.51. The summed E-state index contributed by atoms with van der Waals surface area (Å²) >= 11 is 0. The van der Waals surface area contributed by atoms with Crippen molar-refractivity contribution in [3.63, 3.8) is 0 Å². The Balaban J connectivity index is 3.30. The average molecular weight is 1090 g/mol. The van der Waals surface area contributed by atoms with E-state index in [0.717, 1.165) is 38.5 Å². The van der Waals surface area contributed by atoms with Crippen LogP contribution in [0.25, 0.3) is 0 Å². The summed E-state index contributed by atoms with van der Waals surface area (Å²) in [7, 11) is 0. The van der Waals surface area contributed by atoms with Crippen LogP contribution < -0.4 is 5.32 Å². The molecule has 2 atom stereocenters. The van der Waals surface area contributed by atoms with Crippen molar-refractivity contribution in [3.05, 3.63) is 12.2 Å². The smallest absolute Gasteiger partial charge is 0.305 e. The second-order valence-corrected chi connectivity index (χ2v) is 24.6. The maximum Gasteiger partial charge on any atom is 0.305 e. The molecule has 77 heavy (non-hydrogen) atoms. The van der Waals surface area contributed by atoms with Gasteiger partial charge in [-0.05, 0) is 32.1 Å². The molecule has 0 saturated carbocycles. The Bertz CT molecular complexity index is 1160. The third kappa shape index (κ3) is 63.6. The summed E-state index contributed by atoms with van der Waals surface area (Å²) in [5.74, 6) is -0.0375. The lowest BCUT2D eigenvalue weighted by Crippen LogP contribution is -2.45. The Kier molecular flexibility index (Phi) is 65.9. The predicted octanol–water partition coefficient (Wildman–Crippen LogP) is 22.8. The Labute approximate surface area is 482 Å². The van der Waals surface area contributed by atoms with E-state index in [9.17, 15) is 19.8 Å². The van der Waals surface area contributed by atoms with Crippen molar-refractivity contribution in [2.45, 2.75) is 418 Å². The molecular formula is C71H139NO5. The third-order valence-electron chi connectivity index (χ3n) is 16.8. The molecule has 3 N–H and O–H groups in total. The topological polar surface area (TPSA) is 95.9 Å². The van der Waals surface area contributed by atoms with E-state index < -0.39 is 12.1 Å². The molecule has 6 heteroatoms. The van der Waals surface area contributed by atoms with Crippen LogP contribution in [0.5, 0.6) is 0 Å². The summed E-state index contributed by atoms with van der Waals surface area (Å²) in [5.41, 5.74) is 0. The fourth-order valence-corrected chi connectivity index (χ4v) is 11.4. The van der Waals surface area contributed by atoms with Gasteiger partial charge in [-0.3, -0.25) is 9.59 Å². The van der Waals surface area contributed by atoms with Crippen molar-refractivity contribution in [1.29, 1.82) is 0 Å². The fourth-order valence-electron chi connectivity index (χ4n) is 11.4. The van der Waals surface area contributed by atoms with E-state index in [1.54, 1.807) is 6.08 Å². The number of aliphatic hydroxyl groups is 2. The van der Waals surface area contributed by atoms with Crippen molar-refractivity contribution in [3.8, 4) is 0 Å². The first-order valence-corrected chi connectivity index (χ1v) is 35.5. The average Bonchev–Trinajstić information content (AvgIpc) is 3.43. The van der Waals surface area contributed by atoms with E-state index in [0.29, 0.717) is 19.4 Å². The van der Waals surface area contributed by atoms with Crippen LogP contribution in [0.3, 0.4) is 0 Å². The van der Waals surface area contributed by atoms with E-state index in [2.05, 4.69) is 19.2 Å². The lowest BCUT2D eigenvalue weighted by molar-refractivity contribution is -0.143. The number of hydrogen-bond donors (Lipinski definition) is 3. The fraction of sp³-hybridized carbons (Fsp3) is 0.944. The molecule has 0 fully saturated rings. The molecule has 0 aliphatic carbocycles. The van der Waals surface area contributed by atoms with E-state index in [4.69, 9.17) is 4.74 Å². The minimum atomic E-state index is -0.840. The quantitative estimate of drug-likeness (QED) is 0.0320. The first-order chi connectivity index (χ1) is 38.0. The normalized spacial score (nSPS) is 12.5. The number of aliphatic hydroxyl groups excluding tert-OH is 2. The van der Waals surface area contributed by atoms with Gasteiger partial charge in [0.15, 0.2) is 0 Å². The van der Waals surface area contributed by atoms with Gasteiger partial charge in [0.1, 0.15) is 0 Å². The van der Waals surface area contributed by atoms with E-state index in [-0.39, 0.29) is 18.5 Å². The Morgan fingerprint density at radius 2 is 0.597 bits per heavy atom. The van der Waals surface area contributed by atoms with Gasteiger partial charge in [0, 0.05) is 12.8 Å². The van der Waals surface area contributed by atoms with Gasteiger partial charge in [-0.15, -0.1) is 0 Å². The van der Waals surface area contributed by atoms with Crippen molar-refractivity contribution >= 4 is 11.9 Å². The van der Waals surface area contributed by atoms with Crippen molar-refractivity contribution in [2.75, 3.05) is 13.2 Å². The summed E-state index contributed by atoms with van der Waals surface area (Å²) in [6.07, 6.45) is 83.1. The summed E-state index contributed by atoms with van der Waals surface area (Å²) in [4.78, 5) is 24.6. The molecular weight excluding hydrogens is 947 g/mol. The highest BCUT2D eigenvalue weighted by molar-refractivity contribution is 5.76.